The molecule has 2 aromatic heterocycles. The Morgan fingerprint density at radius 1 is 0.327 bits per heavy atom. The van der Waals surface area contributed by atoms with Crippen LogP contribution in [0.3, 0.4) is 0 Å². The van der Waals surface area contributed by atoms with Gasteiger partial charge in [0.2, 0.25) is 0 Å². The maximum absolute atomic E-state index is 10.1. The molecule has 0 bridgehead atoms. The van der Waals surface area contributed by atoms with Gasteiger partial charge in [0.25, 0.3) is 0 Å². The van der Waals surface area contributed by atoms with Crippen LogP contribution in [0.15, 0.2) is 178 Å². The molecule has 0 aliphatic heterocycles. The highest BCUT2D eigenvalue weighted by atomic mass is 16.4. The highest BCUT2D eigenvalue weighted by Gasteiger charge is 2.20. The van der Waals surface area contributed by atoms with E-state index < -0.39 is 169 Å². The molecule has 0 saturated carbocycles. The van der Waals surface area contributed by atoms with E-state index in [9.17, 15) is 11.0 Å². The summed E-state index contributed by atoms with van der Waals surface area (Å²) in [4.78, 5) is 0. The highest BCUT2D eigenvalue weighted by molar-refractivity contribution is 6.28. The lowest BCUT2D eigenvalue weighted by atomic mass is 9.85. The maximum Gasteiger partial charge on any atom is 0.178 e. The van der Waals surface area contributed by atoms with Crippen molar-refractivity contribution in [2.24, 2.45) is 0 Å². The zero-order valence-electron chi connectivity index (χ0n) is 45.5. The van der Waals surface area contributed by atoms with E-state index in [1.54, 1.807) is 18.2 Å². The van der Waals surface area contributed by atoms with Crippen molar-refractivity contribution < 1.29 is 34.9 Å². The quantitative estimate of drug-likeness (QED) is 0.134. The molecule has 0 amide bonds. The van der Waals surface area contributed by atoms with Crippen molar-refractivity contribution in [3.05, 3.63) is 169 Å². The third-order valence-electron chi connectivity index (χ3n) is 9.84. The molecular weight excluding hydrogens is 633 g/mol. The lowest BCUT2D eigenvalue weighted by Gasteiger charge is -2.18. The van der Waals surface area contributed by atoms with E-state index in [1.165, 1.54) is 0 Å². The number of hydrogen-bond donors (Lipinski definition) is 0. The van der Waals surface area contributed by atoms with Gasteiger partial charge in [-0.25, -0.2) is 0 Å². The van der Waals surface area contributed by atoms with Gasteiger partial charge in [-0.3, -0.25) is 0 Å². The maximum atomic E-state index is 10.1. The number of rotatable bonds is 2. The van der Waals surface area contributed by atoms with Gasteiger partial charge in [0.05, 0.1) is 26.0 Å². The zero-order chi connectivity index (χ0) is 50.4. The Morgan fingerprint density at radius 2 is 0.769 bits per heavy atom. The lowest BCUT2D eigenvalue weighted by Crippen LogP contribution is -1.91. The van der Waals surface area contributed by atoms with E-state index in [0.29, 0.717) is 27.5 Å². The first-order chi connectivity index (χ1) is 33.7. The van der Waals surface area contributed by atoms with E-state index >= 15 is 0 Å². The Kier molecular flexibility index (Phi) is 3.09. The molecule has 10 aromatic carbocycles. The minimum atomic E-state index is -0.854. The summed E-state index contributed by atoms with van der Waals surface area (Å²) in [6.45, 7) is 0. The van der Waals surface area contributed by atoms with E-state index in [-0.39, 0.29) is 27.5 Å². The first-order valence-electron chi connectivity index (χ1n) is 25.8. The smallest absolute Gasteiger partial charge is 0.178 e. The molecule has 12 aromatic rings. The van der Waals surface area contributed by atoms with E-state index in [1.807, 2.05) is 36.4 Å². The molecule has 0 aliphatic carbocycles. The number of hydrogen-bond acceptors (Lipinski definition) is 2. The van der Waals surface area contributed by atoms with Gasteiger partial charge >= 0.3 is 0 Å². The molecule has 2 nitrogen and oxygen atoms in total. The van der Waals surface area contributed by atoms with Gasteiger partial charge in [-0.05, 0) is 112 Å². The van der Waals surface area contributed by atoms with Crippen molar-refractivity contribution in [3.63, 3.8) is 0 Å². The summed E-state index contributed by atoms with van der Waals surface area (Å²) in [6, 6.07) is 1.88. The second-order valence-electron chi connectivity index (χ2n) is 12.5. The SMILES string of the molecule is [2H]c1c([2H])c([2H])c2c(-c3c([2H])c([2H])c4c5c([2H])c([2H])c([2H])c([2H])c5c5c([2H])c([2H])c([2H])c([2H])c5c4c3[2H])c3c([2H])c([2H])c([2H])c([2H])c3c(-c3ccc4c(c3)oc3c4ccc4c5ccccc5oc43)c2c1[2H]. The molecule has 52 heavy (non-hydrogen) atoms. The van der Waals surface area contributed by atoms with Gasteiger partial charge in [-0.15, -0.1) is 0 Å². The summed E-state index contributed by atoms with van der Waals surface area (Å²) < 4.78 is 187. The predicted molar refractivity (Wildman–Crippen MR) is 219 cm³/mol. The molecule has 0 unspecified atom stereocenters. The molecule has 0 N–H and O–H groups in total. The summed E-state index contributed by atoms with van der Waals surface area (Å²) >= 11 is 0. The first-order valence-corrected chi connectivity index (χ1v) is 16.3. The zero-order valence-corrected chi connectivity index (χ0v) is 26.5. The van der Waals surface area contributed by atoms with Crippen LogP contribution >= 0.6 is 0 Å². The van der Waals surface area contributed by atoms with Gasteiger partial charge in [-0.2, -0.15) is 0 Å². The van der Waals surface area contributed by atoms with Crippen molar-refractivity contribution in [3.8, 4) is 22.3 Å². The van der Waals surface area contributed by atoms with Gasteiger partial charge in [0, 0.05) is 21.5 Å². The monoisotopic (exact) mass is 679 g/mol. The van der Waals surface area contributed by atoms with Crippen molar-refractivity contribution in [1.82, 2.24) is 0 Å². The second kappa shape index (κ2) is 10.3. The normalized spacial score (nSPS) is 17.3. The fraction of sp³-hybridized carbons (Fsp3) is 0. The van der Waals surface area contributed by atoms with E-state index in [4.69, 9.17) is 23.9 Å². The molecule has 2 heteroatoms. The van der Waals surface area contributed by atoms with Crippen LogP contribution in [0.2, 0.25) is 0 Å². The Hall–Kier alpha value is -6.90. The van der Waals surface area contributed by atoms with Crippen molar-refractivity contribution in [2.75, 3.05) is 0 Å². The third-order valence-corrected chi connectivity index (χ3v) is 9.84. The summed E-state index contributed by atoms with van der Waals surface area (Å²) in [7, 11) is 0. The lowest BCUT2D eigenvalue weighted by molar-refractivity contribution is 0.633. The molecule has 0 radical (unpaired) electrons. The Balaban J connectivity index is 1.31. The van der Waals surface area contributed by atoms with Crippen LogP contribution in [0, 0.1) is 0 Å². The number of benzene rings is 10. The summed E-state index contributed by atoms with van der Waals surface area (Å²) in [5.74, 6) is 0. The van der Waals surface area contributed by atoms with Crippen LogP contribution in [0.5, 0.6) is 0 Å². The number of furan rings is 2. The van der Waals surface area contributed by atoms with Crippen molar-refractivity contribution in [2.45, 2.75) is 0 Å². The Labute approximate surface area is 324 Å². The van der Waals surface area contributed by atoms with Crippen LogP contribution in [-0.4, -0.2) is 0 Å². The van der Waals surface area contributed by atoms with E-state index in [2.05, 4.69) is 0 Å². The topological polar surface area (TPSA) is 26.3 Å². The molecule has 0 fully saturated rings. The van der Waals surface area contributed by atoms with Crippen LogP contribution < -0.4 is 0 Å². The van der Waals surface area contributed by atoms with Crippen molar-refractivity contribution in [1.29, 1.82) is 0 Å². The summed E-state index contributed by atoms with van der Waals surface area (Å²) in [5.41, 5.74) is 0.812. The molecule has 0 atom stereocenters. The summed E-state index contributed by atoms with van der Waals surface area (Å²) in [5, 5.41) is -1.03. The average molecular weight is 680 g/mol. The van der Waals surface area contributed by atoms with Gasteiger partial charge in [0.1, 0.15) is 11.2 Å². The molecule has 0 aliphatic rings. The van der Waals surface area contributed by atoms with Crippen LogP contribution in [0.25, 0.3) is 120 Å². The molecule has 2 heterocycles. The van der Waals surface area contributed by atoms with Crippen LogP contribution in [-0.2, 0) is 0 Å². The Morgan fingerprint density at radius 3 is 1.37 bits per heavy atom. The molecule has 240 valence electrons. The number of para-hydroxylation sites is 1. The molecular formula is C50H28O2. The van der Waals surface area contributed by atoms with Gasteiger partial charge in [0.15, 0.2) is 11.2 Å². The second-order valence-corrected chi connectivity index (χ2v) is 12.5. The largest absolute Gasteiger partial charge is 0.452 e. The fourth-order valence-corrected chi connectivity index (χ4v) is 7.62. The van der Waals surface area contributed by atoms with E-state index in [0.717, 1.165) is 10.8 Å². The summed E-state index contributed by atoms with van der Waals surface area (Å²) in [6.07, 6.45) is 0. The predicted octanol–water partition coefficient (Wildman–Crippen LogP) is 14.6. The highest BCUT2D eigenvalue weighted by Crippen LogP contribution is 2.47. The third kappa shape index (κ3) is 3.73. The standard InChI is InChI=1S/C50H28O2/c1-2-13-33-31(11-1)32-12-3-4-14-34(32)44-27-29(21-23-35(33)44)47-38-16-5-7-18-40(38)48(41-19-8-6-17-39(41)47)30-22-24-37-43-26-25-42-36-15-9-10-20-45(36)51-49(42)50(43)52-46(37)28-30/h1-28H/i1D,2D,3D,4D,5D,6D,7D,8D,11D,12D,13D,14D,16D,17D,18D,19D,21D,23D,27D. The fourth-order valence-electron chi connectivity index (χ4n) is 7.62. The first kappa shape index (κ1) is 15.6. The van der Waals surface area contributed by atoms with Gasteiger partial charge in [-0.1, -0.05) is 133 Å². The van der Waals surface area contributed by atoms with Gasteiger partial charge < -0.3 is 8.83 Å². The average Bonchev–Trinajstić information content (AvgIpc) is 3.94. The minimum Gasteiger partial charge on any atom is -0.452 e. The van der Waals surface area contributed by atoms with Crippen molar-refractivity contribution >= 4 is 97.7 Å². The minimum absolute atomic E-state index is 0.0829. The number of fused-ring (bicyclic) bond motifs is 15. The molecule has 0 spiro atoms. The molecule has 12 rings (SSSR count). The van der Waals surface area contributed by atoms with Crippen LogP contribution in [0.1, 0.15) is 26.0 Å². The van der Waals surface area contributed by atoms with Crippen LogP contribution in [0.4, 0.5) is 0 Å². The molecule has 0 saturated heterocycles. The Bertz CT molecular complexity index is 4450.